The van der Waals surface area contributed by atoms with E-state index in [0.29, 0.717) is 18.0 Å². The van der Waals surface area contributed by atoms with Crippen LogP contribution in [-0.2, 0) is 15.9 Å². The van der Waals surface area contributed by atoms with Crippen LogP contribution in [0.5, 0.6) is 0 Å². The minimum Gasteiger partial charge on any atom is -0.465 e. The maximum Gasteiger partial charge on any atom is 0.407 e. The van der Waals surface area contributed by atoms with Crippen molar-refractivity contribution in [1.29, 1.82) is 0 Å². The monoisotopic (exact) mass is 416 g/mol. The zero-order valence-electron chi connectivity index (χ0n) is 19.0. The summed E-state index contributed by atoms with van der Waals surface area (Å²) in [5, 5.41) is 3.00. The van der Waals surface area contributed by atoms with Gasteiger partial charge < -0.3 is 19.7 Å². The third-order valence-electron chi connectivity index (χ3n) is 5.41. The highest BCUT2D eigenvalue weighted by Gasteiger charge is 2.29. The first kappa shape index (κ1) is 23.8. The van der Waals surface area contributed by atoms with Gasteiger partial charge in [-0.3, -0.25) is 0 Å². The predicted molar refractivity (Wildman–Crippen MR) is 120 cm³/mol. The van der Waals surface area contributed by atoms with Gasteiger partial charge in [-0.25, -0.2) is 9.59 Å². The molecule has 0 aromatic heterocycles. The van der Waals surface area contributed by atoms with Crippen LogP contribution in [0.4, 0.5) is 10.5 Å². The number of hydrogen-bond donors (Lipinski definition) is 1. The van der Waals surface area contributed by atoms with Crippen LogP contribution in [0.2, 0.25) is 0 Å². The fraction of sp³-hybridized carbons (Fsp3) is 0.583. The number of esters is 1. The number of nitrogens with one attached hydrogen (secondary N) is 1. The molecular formula is C24H36N2O4. The molecule has 0 saturated heterocycles. The number of nitrogens with zero attached hydrogens (tertiary/aromatic N) is 1. The second-order valence-corrected chi connectivity index (χ2v) is 8.73. The maximum atomic E-state index is 12.3. The number of hydrogen-bond acceptors (Lipinski definition) is 5. The molecule has 1 aromatic carbocycles. The van der Waals surface area contributed by atoms with Crippen molar-refractivity contribution in [3.8, 4) is 0 Å². The lowest BCUT2D eigenvalue weighted by Gasteiger charge is -2.39. The Morgan fingerprint density at radius 1 is 1.23 bits per heavy atom. The van der Waals surface area contributed by atoms with E-state index >= 15 is 0 Å². The van der Waals surface area contributed by atoms with Gasteiger partial charge in [-0.05, 0) is 77.5 Å². The Balaban J connectivity index is 2.12. The van der Waals surface area contributed by atoms with E-state index in [4.69, 9.17) is 9.47 Å². The van der Waals surface area contributed by atoms with E-state index in [0.717, 1.165) is 43.5 Å². The molecule has 0 bridgehead atoms. The smallest absolute Gasteiger partial charge is 0.407 e. The van der Waals surface area contributed by atoms with Gasteiger partial charge in [0, 0.05) is 24.3 Å². The van der Waals surface area contributed by atoms with Crippen LogP contribution >= 0.6 is 0 Å². The molecule has 1 fully saturated rings. The third-order valence-corrected chi connectivity index (χ3v) is 5.41. The summed E-state index contributed by atoms with van der Waals surface area (Å²) in [6, 6.07) is 6.27. The lowest BCUT2D eigenvalue weighted by atomic mass is 9.89. The van der Waals surface area contributed by atoms with Crippen molar-refractivity contribution in [3.63, 3.8) is 0 Å². The second kappa shape index (κ2) is 10.5. The normalized spacial score (nSPS) is 19.0. The average Bonchev–Trinajstić information content (AvgIpc) is 2.69. The molecule has 0 aliphatic heterocycles. The minimum absolute atomic E-state index is 0.129. The molecule has 1 aliphatic carbocycles. The standard InChI is InChI=1S/C24H36N2O4/c1-7-10-19-20(22(27)29-6)11-9-12-21(19)26(8-2)18-15-13-17(14-16-18)25-23(28)30-24(3,4)5/h7,9,11-12,17-18H,1,8,10,13-16H2,2-6H3,(H,25,28). The van der Waals surface area contributed by atoms with Crippen molar-refractivity contribution in [3.05, 3.63) is 42.0 Å². The quantitative estimate of drug-likeness (QED) is 0.508. The number of methoxy groups -OCH3 is 1. The van der Waals surface area contributed by atoms with Crippen LogP contribution < -0.4 is 10.2 Å². The number of rotatable bonds is 7. The molecule has 0 heterocycles. The summed E-state index contributed by atoms with van der Waals surface area (Å²) < 4.78 is 10.4. The largest absolute Gasteiger partial charge is 0.465 e. The topological polar surface area (TPSA) is 67.9 Å². The van der Waals surface area contributed by atoms with Gasteiger partial charge in [-0.2, -0.15) is 0 Å². The Hall–Kier alpha value is -2.50. The summed E-state index contributed by atoms with van der Waals surface area (Å²) in [6.45, 7) is 12.4. The predicted octanol–water partition coefficient (Wildman–Crippen LogP) is 4.86. The zero-order chi connectivity index (χ0) is 22.3. The van der Waals surface area contributed by atoms with Crippen LogP contribution in [0.3, 0.4) is 0 Å². The number of carbonyl (C=O) groups is 2. The van der Waals surface area contributed by atoms with Crippen molar-refractivity contribution >= 4 is 17.7 Å². The van der Waals surface area contributed by atoms with E-state index in [1.165, 1.54) is 7.11 Å². The van der Waals surface area contributed by atoms with Crippen LogP contribution in [0.1, 0.15) is 69.3 Å². The highest BCUT2D eigenvalue weighted by atomic mass is 16.6. The van der Waals surface area contributed by atoms with Gasteiger partial charge in [-0.1, -0.05) is 12.1 Å². The number of benzene rings is 1. The molecule has 1 aromatic rings. The van der Waals surface area contributed by atoms with E-state index in [1.54, 1.807) is 0 Å². The first-order chi connectivity index (χ1) is 14.2. The van der Waals surface area contributed by atoms with Crippen LogP contribution in [0, 0.1) is 0 Å². The van der Waals surface area contributed by atoms with E-state index in [-0.39, 0.29) is 18.1 Å². The van der Waals surface area contributed by atoms with Crippen molar-refractivity contribution in [2.75, 3.05) is 18.6 Å². The Kier molecular flexibility index (Phi) is 8.33. The summed E-state index contributed by atoms with van der Waals surface area (Å²) in [5.41, 5.74) is 2.11. The Bertz CT molecular complexity index is 746. The molecule has 2 rings (SSSR count). The third kappa shape index (κ3) is 6.25. The van der Waals surface area contributed by atoms with Gasteiger partial charge in [-0.15, -0.1) is 6.58 Å². The molecule has 0 spiro atoms. The zero-order valence-corrected chi connectivity index (χ0v) is 19.0. The molecule has 1 N–H and O–H groups in total. The summed E-state index contributed by atoms with van der Waals surface area (Å²) in [5.74, 6) is -0.324. The molecule has 0 radical (unpaired) electrons. The van der Waals surface area contributed by atoms with Crippen molar-refractivity contribution < 1.29 is 19.1 Å². The van der Waals surface area contributed by atoms with Crippen LogP contribution in [0.15, 0.2) is 30.9 Å². The Morgan fingerprint density at radius 2 is 1.90 bits per heavy atom. The number of alkyl carbamates (subject to hydrolysis) is 1. The van der Waals surface area contributed by atoms with E-state index in [2.05, 4.69) is 29.8 Å². The number of ether oxygens (including phenoxy) is 2. The highest BCUT2D eigenvalue weighted by Crippen LogP contribution is 2.32. The fourth-order valence-electron chi connectivity index (χ4n) is 4.14. The molecule has 166 valence electrons. The van der Waals surface area contributed by atoms with Gasteiger partial charge in [0.25, 0.3) is 0 Å². The highest BCUT2D eigenvalue weighted by molar-refractivity contribution is 5.93. The molecule has 6 heteroatoms. The van der Waals surface area contributed by atoms with Crippen molar-refractivity contribution in [1.82, 2.24) is 5.32 Å². The number of anilines is 1. The van der Waals surface area contributed by atoms with E-state index in [1.807, 2.05) is 39.0 Å². The first-order valence-electron chi connectivity index (χ1n) is 10.8. The number of amides is 1. The minimum atomic E-state index is -0.494. The summed E-state index contributed by atoms with van der Waals surface area (Å²) >= 11 is 0. The van der Waals surface area contributed by atoms with Gasteiger partial charge >= 0.3 is 12.1 Å². The van der Waals surface area contributed by atoms with Crippen molar-refractivity contribution in [2.24, 2.45) is 0 Å². The molecule has 1 aliphatic rings. The first-order valence-corrected chi connectivity index (χ1v) is 10.8. The summed E-state index contributed by atoms with van der Waals surface area (Å²) in [6.07, 6.45) is 5.79. The Morgan fingerprint density at radius 3 is 2.43 bits per heavy atom. The molecule has 0 unspecified atom stereocenters. The maximum absolute atomic E-state index is 12.3. The second-order valence-electron chi connectivity index (χ2n) is 8.73. The van der Waals surface area contributed by atoms with Crippen LogP contribution in [0.25, 0.3) is 0 Å². The fourth-order valence-corrected chi connectivity index (χ4v) is 4.14. The van der Waals surface area contributed by atoms with Gasteiger partial charge in [0.05, 0.1) is 12.7 Å². The van der Waals surface area contributed by atoms with Gasteiger partial charge in [0.1, 0.15) is 5.60 Å². The summed E-state index contributed by atoms with van der Waals surface area (Å²) in [7, 11) is 1.41. The molecule has 6 nitrogen and oxygen atoms in total. The lowest BCUT2D eigenvalue weighted by Crippen LogP contribution is -2.45. The molecule has 30 heavy (non-hydrogen) atoms. The average molecular weight is 417 g/mol. The molecular weight excluding hydrogens is 380 g/mol. The van der Waals surface area contributed by atoms with E-state index in [9.17, 15) is 9.59 Å². The van der Waals surface area contributed by atoms with E-state index < -0.39 is 5.60 Å². The number of allylic oxidation sites excluding steroid dienone is 1. The summed E-state index contributed by atoms with van der Waals surface area (Å²) in [4.78, 5) is 26.7. The van der Waals surface area contributed by atoms with Crippen molar-refractivity contribution in [2.45, 2.75) is 77.5 Å². The van der Waals surface area contributed by atoms with Gasteiger partial charge in [0.15, 0.2) is 0 Å². The number of carbonyl (C=O) groups excluding carboxylic acids is 2. The lowest BCUT2D eigenvalue weighted by molar-refractivity contribution is 0.0490. The molecule has 0 atom stereocenters. The van der Waals surface area contributed by atoms with Gasteiger partial charge in [0.2, 0.25) is 0 Å². The molecule has 1 amide bonds. The van der Waals surface area contributed by atoms with Crippen LogP contribution in [-0.4, -0.2) is 43.4 Å². The SMILES string of the molecule is C=CCc1c(C(=O)OC)cccc1N(CC)C1CCC(NC(=O)OC(C)(C)C)CC1. The molecule has 1 saturated carbocycles. The Labute approximate surface area is 180 Å².